The summed E-state index contributed by atoms with van der Waals surface area (Å²) in [6.45, 7) is -2.50. The van der Waals surface area contributed by atoms with Gasteiger partial charge in [-0.25, -0.2) is 14.0 Å². The second kappa shape index (κ2) is 26.2. The van der Waals surface area contributed by atoms with Crippen molar-refractivity contribution in [2.75, 3.05) is 19.8 Å². The van der Waals surface area contributed by atoms with Crippen LogP contribution >= 0.6 is 0 Å². The van der Waals surface area contributed by atoms with E-state index < -0.39 is 182 Å². The third-order valence-corrected chi connectivity index (χ3v) is 13.0. The lowest BCUT2D eigenvalue weighted by molar-refractivity contribution is -0.358. The van der Waals surface area contributed by atoms with Crippen LogP contribution in [-0.2, 0) is 52.3 Å². The summed E-state index contributed by atoms with van der Waals surface area (Å²) in [6, 6.07) is 16.1. The Labute approximate surface area is 466 Å². The van der Waals surface area contributed by atoms with Crippen LogP contribution in [0.25, 0.3) is 34.4 Å². The van der Waals surface area contributed by atoms with Gasteiger partial charge in [0.25, 0.3) is 0 Å². The SMILES string of the molecule is O=C(O)CC(=O)OC[C@H]1O[C@@H](Oc2cc(O)cc3[o+]c(-c4cc(O)c(O)c(O)c4)c(O[C@@H]4O[C@H](COC(=O)C=Cc5ccc(O)cc5)[C@@H](O)[C@H](O)[C@H]4O[C@@H]4O[C@H](COC(=O)C=Cc5ccc(O)cc5)[C@@H](O)[C@H](O)[C@H]4O)cc23)[C@H](O)[C@@H](O)[C@@H]1O. The van der Waals surface area contributed by atoms with Crippen molar-refractivity contribution < 1.29 is 143 Å². The summed E-state index contributed by atoms with van der Waals surface area (Å²) >= 11 is 0. The zero-order valence-electron chi connectivity index (χ0n) is 42.7. The Hall–Kier alpha value is -8.43. The number of fused-ring (bicyclic) bond motifs is 1. The van der Waals surface area contributed by atoms with Crippen molar-refractivity contribution in [3.63, 3.8) is 0 Å². The number of ether oxygens (including phenoxy) is 9. The van der Waals surface area contributed by atoms with E-state index in [-0.39, 0.29) is 28.0 Å². The first-order valence-electron chi connectivity index (χ1n) is 24.9. The molecule has 15 atom stereocenters. The standard InChI is InChI=1S/C54H54O29/c55-25-7-1-22(2-8-25)5-11-38(62)74-19-34-42(66)46(70)49(73)53(81-34)83-51-47(71)44(68)36(20-75-39(63)12-6-23-3-9-26(56)10-4-23)82-54(51)79-33-17-28-31(77-50(33)24-13-29(58)41(65)30(59)14-24)15-27(57)16-32(28)78-52-48(72)45(69)43(67)35(80-52)21-76-40(64)18-37(60)61/h1-17,34-36,42-49,51-54,66-73H,18-21H2,(H6-,55,56,57,58,59,60,61,62,63,65)/p+1/t34-,35-,36-,42-,43-,44-,45+,46+,47+,48-,49-,51-,52-,53+,54-/m1/s1. The fourth-order valence-corrected chi connectivity index (χ4v) is 8.57. The molecule has 0 unspecified atom stereocenters. The summed E-state index contributed by atoms with van der Waals surface area (Å²) in [7, 11) is 0. The van der Waals surface area contributed by atoms with E-state index in [2.05, 4.69) is 0 Å². The Balaban J connectivity index is 1.14. The van der Waals surface area contributed by atoms with Crippen molar-refractivity contribution >= 4 is 47.0 Å². The number of aromatic hydroxyl groups is 6. The summed E-state index contributed by atoms with van der Waals surface area (Å²) in [5.74, 6) is -9.96. The molecular formula is C54H55O29+. The van der Waals surface area contributed by atoms with E-state index in [0.717, 1.165) is 42.5 Å². The number of carboxylic acids is 1. The lowest BCUT2D eigenvalue weighted by Crippen LogP contribution is -2.65. The number of esters is 3. The molecule has 5 aromatic rings. The topological polar surface area (TPSA) is 466 Å². The second-order valence-corrected chi connectivity index (χ2v) is 18.9. The molecule has 0 bridgehead atoms. The van der Waals surface area contributed by atoms with Crippen molar-refractivity contribution in [1.82, 2.24) is 0 Å². The highest BCUT2D eigenvalue weighted by Gasteiger charge is 2.53. The van der Waals surface area contributed by atoms with E-state index in [4.69, 9.17) is 52.2 Å². The smallest absolute Gasteiger partial charge is 0.402 e. The third kappa shape index (κ3) is 14.6. The molecule has 0 saturated carbocycles. The Morgan fingerprint density at radius 1 is 0.506 bits per heavy atom. The molecule has 444 valence electrons. The van der Waals surface area contributed by atoms with Gasteiger partial charge in [0, 0.05) is 36.4 Å². The van der Waals surface area contributed by atoms with Crippen LogP contribution in [0.4, 0.5) is 0 Å². The Kier molecular flexibility index (Phi) is 19.2. The van der Waals surface area contributed by atoms with Crippen molar-refractivity contribution in [2.45, 2.75) is 98.5 Å². The Morgan fingerprint density at radius 3 is 1.51 bits per heavy atom. The van der Waals surface area contributed by atoms with Crippen molar-refractivity contribution in [3.8, 4) is 57.3 Å². The summed E-state index contributed by atoms with van der Waals surface area (Å²) in [5, 5.41) is 160. The van der Waals surface area contributed by atoms with Gasteiger partial charge in [-0.05, 0) is 47.5 Å². The normalized spacial score (nSPS) is 28.2. The maximum absolute atomic E-state index is 13.0. The highest BCUT2D eigenvalue weighted by atomic mass is 16.8. The highest BCUT2D eigenvalue weighted by Crippen LogP contribution is 2.46. The van der Waals surface area contributed by atoms with Gasteiger partial charge < -0.3 is 119 Å². The molecule has 3 fully saturated rings. The van der Waals surface area contributed by atoms with E-state index >= 15 is 0 Å². The molecule has 29 heteroatoms. The number of phenols is 6. The van der Waals surface area contributed by atoms with Gasteiger partial charge in [-0.15, -0.1) is 0 Å². The van der Waals surface area contributed by atoms with E-state index in [1.165, 1.54) is 60.7 Å². The molecule has 3 saturated heterocycles. The minimum Gasteiger partial charge on any atom is -0.508 e. The third-order valence-electron chi connectivity index (χ3n) is 13.0. The maximum atomic E-state index is 13.0. The van der Waals surface area contributed by atoms with Gasteiger partial charge in [0.05, 0.1) is 11.6 Å². The summed E-state index contributed by atoms with van der Waals surface area (Å²) in [6.07, 6.45) is -26.7. The molecule has 0 spiro atoms. The summed E-state index contributed by atoms with van der Waals surface area (Å²) in [4.78, 5) is 48.8. The van der Waals surface area contributed by atoms with Gasteiger partial charge in [0.1, 0.15) is 122 Å². The maximum Gasteiger partial charge on any atom is 0.402 e. The Bertz CT molecular complexity index is 3160. The van der Waals surface area contributed by atoms with Crippen molar-refractivity contribution in [1.29, 1.82) is 0 Å². The fraction of sp³-hybridized carbons (Fsp3) is 0.352. The number of aliphatic hydroxyl groups excluding tert-OH is 8. The number of hydrogen-bond acceptors (Lipinski definition) is 27. The summed E-state index contributed by atoms with van der Waals surface area (Å²) < 4.78 is 57.4. The lowest BCUT2D eigenvalue weighted by Gasteiger charge is -2.45. The van der Waals surface area contributed by atoms with Crippen LogP contribution in [0.3, 0.4) is 0 Å². The molecule has 4 aromatic carbocycles. The van der Waals surface area contributed by atoms with Crippen molar-refractivity contribution in [3.05, 3.63) is 102 Å². The molecule has 0 aliphatic carbocycles. The lowest BCUT2D eigenvalue weighted by atomic mass is 9.97. The van der Waals surface area contributed by atoms with E-state index in [0.29, 0.717) is 11.1 Å². The van der Waals surface area contributed by atoms with E-state index in [1.54, 1.807) is 0 Å². The molecule has 4 heterocycles. The van der Waals surface area contributed by atoms with Crippen molar-refractivity contribution in [2.24, 2.45) is 0 Å². The number of carbonyl (C=O) groups excluding carboxylic acids is 3. The van der Waals surface area contributed by atoms with Gasteiger partial charge in [-0.1, -0.05) is 24.3 Å². The van der Waals surface area contributed by atoms with Gasteiger partial charge >= 0.3 is 35.2 Å². The predicted molar refractivity (Wildman–Crippen MR) is 272 cm³/mol. The second-order valence-electron chi connectivity index (χ2n) is 18.9. The molecule has 29 nitrogen and oxygen atoms in total. The quantitative estimate of drug-likeness (QED) is 0.0122. The number of carboxylic acid groups (broad SMARTS) is 1. The highest BCUT2D eigenvalue weighted by molar-refractivity contribution is 5.91. The zero-order chi connectivity index (χ0) is 60.0. The number of aliphatic hydroxyl groups is 8. The minimum absolute atomic E-state index is 0.0353. The minimum atomic E-state index is -2.23. The van der Waals surface area contributed by atoms with Crippen LogP contribution in [0, 0.1) is 0 Å². The van der Waals surface area contributed by atoms with E-state index in [1.807, 2.05) is 0 Å². The number of carbonyl (C=O) groups is 4. The monoisotopic (exact) mass is 1170 g/mol. The molecular weight excluding hydrogens is 1110 g/mol. The number of hydrogen-bond donors (Lipinski definition) is 15. The molecule has 8 rings (SSSR count). The van der Waals surface area contributed by atoms with Crippen LogP contribution < -0.4 is 9.47 Å². The van der Waals surface area contributed by atoms with Gasteiger partial charge in [0.15, 0.2) is 29.6 Å². The van der Waals surface area contributed by atoms with Crippen LogP contribution in [0.5, 0.6) is 46.0 Å². The molecule has 3 aliphatic heterocycles. The zero-order valence-corrected chi connectivity index (χ0v) is 42.7. The number of rotatable bonds is 19. The first-order valence-corrected chi connectivity index (χ1v) is 24.9. The number of aliphatic carboxylic acids is 1. The molecule has 0 amide bonds. The fourth-order valence-electron chi connectivity index (χ4n) is 8.57. The average Bonchev–Trinajstić information content (AvgIpc) is 2.88. The largest absolute Gasteiger partial charge is 0.508 e. The molecule has 3 aliphatic rings. The van der Waals surface area contributed by atoms with Gasteiger partial charge in [-0.2, -0.15) is 0 Å². The van der Waals surface area contributed by atoms with Crippen LogP contribution in [0.15, 0.2) is 95.4 Å². The van der Waals surface area contributed by atoms with Crippen LogP contribution in [0.1, 0.15) is 17.5 Å². The molecule has 15 N–H and O–H groups in total. The Morgan fingerprint density at radius 2 is 0.976 bits per heavy atom. The number of benzene rings is 4. The molecule has 1 aromatic heterocycles. The number of phenolic OH excluding ortho intramolecular Hbond substituents is 6. The molecule has 83 heavy (non-hydrogen) atoms. The summed E-state index contributed by atoms with van der Waals surface area (Å²) in [5.41, 5.74) is 0.271. The van der Waals surface area contributed by atoms with Gasteiger partial charge in [-0.3, -0.25) is 9.59 Å². The molecule has 0 radical (unpaired) electrons. The van der Waals surface area contributed by atoms with Crippen LogP contribution in [-0.4, -0.2) is 212 Å². The van der Waals surface area contributed by atoms with Gasteiger partial charge in [0.2, 0.25) is 18.3 Å². The first kappa shape index (κ1) is 60.7. The first-order chi connectivity index (χ1) is 39.4. The predicted octanol–water partition coefficient (Wildman–Crippen LogP) is -0.650. The van der Waals surface area contributed by atoms with Crippen LogP contribution in [0.2, 0.25) is 0 Å². The average molecular weight is 1170 g/mol. The van der Waals surface area contributed by atoms with E-state index in [9.17, 15) is 90.7 Å².